The largest absolute Gasteiger partial charge is 0.514 e. The molecule has 0 heterocycles. The number of carbonyl (C=O) groups excluding carboxylic acids is 5. The molecule has 0 bridgehead atoms. The number of nitrogens with two attached hydrogens (primary N) is 2. The number of carbonyl (C=O) groups is 5. The molecule has 0 unspecified atom stereocenters. The molecule has 0 fully saturated rings. The molecule has 2 rings (SSSR count). The van der Waals surface area contributed by atoms with E-state index in [0.29, 0.717) is 11.3 Å². The monoisotopic (exact) mass is 586 g/mol. The second-order valence-corrected chi connectivity index (χ2v) is 9.58. The first-order valence-electron chi connectivity index (χ1n) is 12.9. The summed E-state index contributed by atoms with van der Waals surface area (Å²) in [5.41, 5.74) is 11.9. The molecule has 42 heavy (non-hydrogen) atoms. The van der Waals surface area contributed by atoms with Crippen molar-refractivity contribution in [3.05, 3.63) is 64.2 Å². The SMILES string of the molecule is CC(=O)N[C@H](C(=O)N[C@@H](CCCN(C(N)=O)c1ccc(COC(=O)Oc2ccc([N+](=O)[O-])cc2)cc1)C(N)=O)C(C)C. The Balaban J connectivity index is 1.92. The molecule has 0 radical (unpaired) electrons. The van der Waals surface area contributed by atoms with Crippen molar-refractivity contribution in [3.63, 3.8) is 0 Å². The highest BCUT2D eigenvalue weighted by Crippen LogP contribution is 2.19. The average Bonchev–Trinajstić information content (AvgIpc) is 2.92. The molecule has 6 N–H and O–H groups in total. The van der Waals surface area contributed by atoms with E-state index in [0.717, 1.165) is 0 Å². The Hall–Kier alpha value is -5.21. The van der Waals surface area contributed by atoms with Crippen molar-refractivity contribution in [1.29, 1.82) is 0 Å². The maximum Gasteiger partial charge on any atom is 0.514 e. The topological polar surface area (TPSA) is 226 Å². The Morgan fingerprint density at radius 3 is 2.10 bits per heavy atom. The lowest BCUT2D eigenvalue weighted by Crippen LogP contribution is -2.54. The van der Waals surface area contributed by atoms with Crippen LogP contribution < -0.4 is 31.7 Å². The van der Waals surface area contributed by atoms with Crippen molar-refractivity contribution in [1.82, 2.24) is 10.6 Å². The smallest absolute Gasteiger partial charge is 0.429 e. The number of anilines is 1. The number of rotatable bonds is 14. The molecule has 2 aromatic rings. The molecule has 0 saturated carbocycles. The normalized spacial score (nSPS) is 12.0. The zero-order valence-corrected chi connectivity index (χ0v) is 23.4. The van der Waals surface area contributed by atoms with E-state index >= 15 is 0 Å². The van der Waals surface area contributed by atoms with Gasteiger partial charge in [0.15, 0.2) is 0 Å². The van der Waals surface area contributed by atoms with Crippen LogP contribution in [-0.4, -0.2) is 53.5 Å². The van der Waals surface area contributed by atoms with Gasteiger partial charge < -0.3 is 31.6 Å². The Labute approximate surface area is 241 Å². The fraction of sp³-hybridized carbons (Fsp3) is 0.370. The van der Waals surface area contributed by atoms with Gasteiger partial charge in [0.1, 0.15) is 24.4 Å². The molecule has 15 heteroatoms. The molecule has 0 aliphatic rings. The van der Waals surface area contributed by atoms with Crippen molar-refractivity contribution in [2.75, 3.05) is 11.4 Å². The fourth-order valence-corrected chi connectivity index (χ4v) is 3.80. The van der Waals surface area contributed by atoms with Gasteiger partial charge in [0.25, 0.3) is 5.69 Å². The van der Waals surface area contributed by atoms with Crippen LogP contribution >= 0.6 is 0 Å². The van der Waals surface area contributed by atoms with Gasteiger partial charge >= 0.3 is 12.2 Å². The molecule has 2 aromatic carbocycles. The lowest BCUT2D eigenvalue weighted by molar-refractivity contribution is -0.384. The second-order valence-electron chi connectivity index (χ2n) is 9.58. The average molecular weight is 587 g/mol. The first-order valence-corrected chi connectivity index (χ1v) is 12.9. The van der Waals surface area contributed by atoms with Crippen LogP contribution in [0.3, 0.4) is 0 Å². The molecular weight excluding hydrogens is 552 g/mol. The van der Waals surface area contributed by atoms with E-state index in [-0.39, 0.29) is 43.3 Å². The molecule has 5 amide bonds. The molecule has 0 aliphatic heterocycles. The van der Waals surface area contributed by atoms with Crippen LogP contribution in [0, 0.1) is 16.0 Å². The van der Waals surface area contributed by atoms with Crippen LogP contribution in [0.5, 0.6) is 5.75 Å². The molecule has 0 saturated heterocycles. The number of hydrogen-bond donors (Lipinski definition) is 4. The number of nitrogens with zero attached hydrogens (tertiary/aromatic N) is 2. The summed E-state index contributed by atoms with van der Waals surface area (Å²) in [6.07, 6.45) is -0.652. The quantitative estimate of drug-likeness (QED) is 0.110. The van der Waals surface area contributed by atoms with E-state index in [9.17, 15) is 34.1 Å². The number of ether oxygens (including phenoxy) is 2. The van der Waals surface area contributed by atoms with Crippen molar-refractivity contribution in [2.45, 2.75) is 52.3 Å². The van der Waals surface area contributed by atoms with E-state index in [1.807, 2.05) is 0 Å². The number of hydrogen-bond acceptors (Lipinski definition) is 9. The lowest BCUT2D eigenvalue weighted by atomic mass is 10.0. The van der Waals surface area contributed by atoms with Crippen molar-refractivity contribution in [3.8, 4) is 5.75 Å². The third-order valence-electron chi connectivity index (χ3n) is 5.96. The Bertz CT molecular complexity index is 1280. The van der Waals surface area contributed by atoms with Gasteiger partial charge in [-0.2, -0.15) is 0 Å². The summed E-state index contributed by atoms with van der Waals surface area (Å²) >= 11 is 0. The number of nitrogens with one attached hydrogen (secondary N) is 2. The van der Waals surface area contributed by atoms with Crippen LogP contribution in [-0.2, 0) is 25.7 Å². The Morgan fingerprint density at radius 1 is 0.976 bits per heavy atom. The molecule has 226 valence electrons. The lowest BCUT2D eigenvalue weighted by Gasteiger charge is -2.25. The predicted octanol–water partition coefficient (Wildman–Crippen LogP) is 2.11. The van der Waals surface area contributed by atoms with Gasteiger partial charge in [-0.25, -0.2) is 9.59 Å². The molecule has 0 aliphatic carbocycles. The molecule has 2 atom stereocenters. The number of amides is 5. The van der Waals surface area contributed by atoms with Crippen LogP contribution in [0.15, 0.2) is 48.5 Å². The summed E-state index contributed by atoms with van der Waals surface area (Å²) in [4.78, 5) is 71.5. The van der Waals surface area contributed by atoms with Crippen molar-refractivity contribution >= 4 is 41.3 Å². The minimum absolute atomic E-state index is 0.0728. The zero-order valence-electron chi connectivity index (χ0n) is 23.4. The number of nitro groups is 1. The van der Waals surface area contributed by atoms with Gasteiger partial charge in [-0.1, -0.05) is 26.0 Å². The van der Waals surface area contributed by atoms with E-state index in [1.54, 1.807) is 38.1 Å². The standard InChI is InChI=1S/C27H34N6O9/c1-16(2)23(30-17(3)34)25(36)31-22(24(28)35)5-4-14-32(26(29)37)19-8-6-18(7-9-19)15-41-27(38)42-21-12-10-20(11-13-21)33(39)40/h6-13,16,22-23H,4-5,14-15H2,1-3H3,(H2,28,35)(H2,29,37)(H,30,34)(H,31,36)/t22-,23-/m0/s1. The highest BCUT2D eigenvalue weighted by atomic mass is 16.7. The fourth-order valence-electron chi connectivity index (χ4n) is 3.80. The summed E-state index contributed by atoms with van der Waals surface area (Å²) in [6, 6.07) is 8.63. The highest BCUT2D eigenvalue weighted by Gasteiger charge is 2.27. The van der Waals surface area contributed by atoms with Crippen molar-refractivity contribution in [2.24, 2.45) is 17.4 Å². The number of urea groups is 1. The van der Waals surface area contributed by atoms with E-state index in [2.05, 4.69) is 10.6 Å². The first-order chi connectivity index (χ1) is 19.8. The first kappa shape index (κ1) is 33.0. The minimum Gasteiger partial charge on any atom is -0.429 e. The van der Waals surface area contributed by atoms with E-state index in [4.69, 9.17) is 20.9 Å². The molecular formula is C27H34N6O9. The molecule has 0 aromatic heterocycles. The van der Waals surface area contributed by atoms with Crippen LogP contribution in [0.2, 0.25) is 0 Å². The maximum atomic E-state index is 12.6. The van der Waals surface area contributed by atoms with Gasteiger partial charge in [-0.15, -0.1) is 0 Å². The van der Waals surface area contributed by atoms with Gasteiger partial charge in [0, 0.05) is 31.3 Å². The van der Waals surface area contributed by atoms with Gasteiger partial charge in [-0.3, -0.25) is 29.4 Å². The van der Waals surface area contributed by atoms with E-state index in [1.165, 1.54) is 36.1 Å². The number of non-ortho nitro benzene ring substituents is 1. The zero-order chi connectivity index (χ0) is 31.4. The van der Waals surface area contributed by atoms with Gasteiger partial charge in [-0.05, 0) is 48.6 Å². The predicted molar refractivity (Wildman–Crippen MR) is 150 cm³/mol. The molecule has 15 nitrogen and oxygen atoms in total. The number of benzene rings is 2. The number of nitro benzene ring substituents is 1. The van der Waals surface area contributed by atoms with Crippen molar-refractivity contribution < 1.29 is 38.4 Å². The van der Waals surface area contributed by atoms with Gasteiger partial charge in [0.2, 0.25) is 17.7 Å². The third-order valence-corrected chi connectivity index (χ3v) is 5.96. The third kappa shape index (κ3) is 10.4. The summed E-state index contributed by atoms with van der Waals surface area (Å²) in [5, 5.41) is 15.8. The maximum absolute atomic E-state index is 12.6. The summed E-state index contributed by atoms with van der Waals surface area (Å²) in [5.74, 6) is -1.87. The van der Waals surface area contributed by atoms with Gasteiger partial charge in [0.05, 0.1) is 4.92 Å². The van der Waals surface area contributed by atoms with Crippen LogP contribution in [0.4, 0.5) is 21.0 Å². The van der Waals surface area contributed by atoms with Crippen LogP contribution in [0.25, 0.3) is 0 Å². The summed E-state index contributed by atoms with van der Waals surface area (Å²) in [6.45, 7) is 4.72. The highest BCUT2D eigenvalue weighted by molar-refractivity contribution is 5.92. The Morgan fingerprint density at radius 2 is 1.60 bits per heavy atom. The summed E-state index contributed by atoms with van der Waals surface area (Å²) < 4.78 is 10.0. The summed E-state index contributed by atoms with van der Waals surface area (Å²) in [7, 11) is 0. The Kier molecular flexibility index (Phi) is 12.2. The minimum atomic E-state index is -1.03. The van der Waals surface area contributed by atoms with Crippen LogP contribution in [0.1, 0.15) is 39.2 Å². The number of primary amides is 2. The van der Waals surface area contributed by atoms with E-state index < -0.39 is 46.9 Å². The second kappa shape index (κ2) is 15.5. The molecule has 0 spiro atoms.